The predicted molar refractivity (Wildman–Crippen MR) is 140 cm³/mol. The predicted octanol–water partition coefficient (Wildman–Crippen LogP) is 4.86. The number of nitrogens with one attached hydrogen (secondary N) is 1. The summed E-state index contributed by atoms with van der Waals surface area (Å²) in [4.78, 5) is 25.0. The topological polar surface area (TPSA) is 134 Å². The Bertz CT molecular complexity index is 1570. The van der Waals surface area contributed by atoms with E-state index in [0.29, 0.717) is 40.0 Å². The minimum Gasteiger partial charge on any atom is -0.436 e. The van der Waals surface area contributed by atoms with E-state index in [1.807, 2.05) is 61.9 Å². The highest BCUT2D eigenvalue weighted by Gasteiger charge is 2.17. The van der Waals surface area contributed by atoms with E-state index in [9.17, 15) is 4.79 Å². The number of fused-ring (bicyclic) bond motifs is 1. The maximum absolute atomic E-state index is 11.4. The van der Waals surface area contributed by atoms with Crippen LogP contribution in [0.4, 0.5) is 17.3 Å². The molecular formula is C27H25N7O2. The Balaban J connectivity index is 1.51. The molecule has 9 heteroatoms. The molecule has 5 rings (SSSR count). The molecule has 0 atom stereocenters. The Hall–Kier alpha value is -4.92. The van der Waals surface area contributed by atoms with Gasteiger partial charge < -0.3 is 26.1 Å². The molecular weight excluding hydrogens is 454 g/mol. The number of hydrogen-bond acceptors (Lipinski definition) is 7. The molecule has 2 aromatic heterocycles. The van der Waals surface area contributed by atoms with Crippen LogP contribution in [0.1, 0.15) is 21.5 Å². The van der Waals surface area contributed by atoms with Gasteiger partial charge in [0.05, 0.1) is 6.33 Å². The van der Waals surface area contributed by atoms with Gasteiger partial charge in [-0.05, 0) is 84.6 Å². The lowest BCUT2D eigenvalue weighted by molar-refractivity contribution is 0.100. The summed E-state index contributed by atoms with van der Waals surface area (Å²) in [7, 11) is 1.87. The van der Waals surface area contributed by atoms with Crippen LogP contribution in [0.3, 0.4) is 0 Å². The zero-order valence-corrected chi connectivity index (χ0v) is 20.1. The summed E-state index contributed by atoms with van der Waals surface area (Å²) in [6.45, 7) is 3.97. The molecule has 3 aromatic carbocycles. The van der Waals surface area contributed by atoms with Crippen molar-refractivity contribution >= 4 is 34.4 Å². The minimum atomic E-state index is -0.450. The molecule has 0 fully saturated rings. The largest absolute Gasteiger partial charge is 0.436 e. The Morgan fingerprint density at radius 3 is 2.25 bits per heavy atom. The summed E-state index contributed by atoms with van der Waals surface area (Å²) in [5, 5.41) is 3.19. The molecule has 0 bridgehead atoms. The number of primary amides is 1. The van der Waals surface area contributed by atoms with Crippen molar-refractivity contribution < 1.29 is 9.53 Å². The molecule has 0 radical (unpaired) electrons. The zero-order chi connectivity index (χ0) is 25.4. The summed E-state index contributed by atoms with van der Waals surface area (Å²) in [6.07, 6.45) is 1.68. The van der Waals surface area contributed by atoms with Crippen LogP contribution in [0.25, 0.3) is 22.3 Å². The lowest BCUT2D eigenvalue weighted by atomic mass is 9.99. The lowest BCUT2D eigenvalue weighted by Gasteiger charge is -2.15. The quantitative estimate of drug-likeness (QED) is 0.296. The van der Waals surface area contributed by atoms with Crippen molar-refractivity contribution in [3.63, 3.8) is 0 Å². The first-order valence-electron chi connectivity index (χ1n) is 11.3. The van der Waals surface area contributed by atoms with Crippen molar-refractivity contribution in [3.8, 4) is 22.8 Å². The number of nitrogens with two attached hydrogens (primary N) is 2. The second kappa shape index (κ2) is 9.03. The zero-order valence-electron chi connectivity index (χ0n) is 20.1. The molecule has 36 heavy (non-hydrogen) atoms. The molecule has 0 aliphatic carbocycles. The van der Waals surface area contributed by atoms with E-state index in [-0.39, 0.29) is 0 Å². The Morgan fingerprint density at radius 1 is 0.944 bits per heavy atom. The lowest BCUT2D eigenvalue weighted by Crippen LogP contribution is -2.10. The van der Waals surface area contributed by atoms with Crippen LogP contribution >= 0.6 is 0 Å². The standard InChI is InChI=1S/C27H25N7O2/c1-15-12-19(17-4-6-18(7-5-17)24(29)35)13-16(2)23(15)36-26-22-25(30-14-34(22)3)32-27(33-26)31-21-10-8-20(28)9-11-21/h4-14H,28H2,1-3H3,(H2,29,35)(H,31,32,33). The third-order valence-corrected chi connectivity index (χ3v) is 5.87. The summed E-state index contributed by atoms with van der Waals surface area (Å²) in [5.74, 6) is 1.01. The molecule has 0 aliphatic heterocycles. The van der Waals surface area contributed by atoms with Crippen LogP contribution in [0.2, 0.25) is 0 Å². The fourth-order valence-electron chi connectivity index (χ4n) is 4.04. The van der Waals surface area contributed by atoms with Crippen molar-refractivity contribution in [2.75, 3.05) is 11.1 Å². The summed E-state index contributed by atoms with van der Waals surface area (Å²) < 4.78 is 8.23. The van der Waals surface area contributed by atoms with Crippen LogP contribution in [-0.2, 0) is 7.05 Å². The van der Waals surface area contributed by atoms with E-state index in [1.54, 1.807) is 30.6 Å². The number of rotatable bonds is 6. The molecule has 1 amide bonds. The van der Waals surface area contributed by atoms with Gasteiger partial charge in [-0.2, -0.15) is 9.97 Å². The number of amides is 1. The van der Waals surface area contributed by atoms with Gasteiger partial charge >= 0.3 is 0 Å². The van der Waals surface area contributed by atoms with Gasteiger partial charge in [-0.3, -0.25) is 4.79 Å². The van der Waals surface area contributed by atoms with Crippen LogP contribution in [0.15, 0.2) is 67.0 Å². The number of carbonyl (C=O) groups excluding carboxylic acids is 1. The first kappa shape index (κ1) is 22.9. The normalized spacial score (nSPS) is 11.0. The molecule has 0 spiro atoms. The smallest absolute Gasteiger partial charge is 0.250 e. The van der Waals surface area contributed by atoms with E-state index >= 15 is 0 Å². The van der Waals surface area contributed by atoms with E-state index in [1.165, 1.54) is 0 Å². The molecule has 9 nitrogen and oxygen atoms in total. The first-order chi connectivity index (χ1) is 17.3. The fourth-order valence-corrected chi connectivity index (χ4v) is 4.04. The van der Waals surface area contributed by atoms with Crippen molar-refractivity contribution in [2.45, 2.75) is 13.8 Å². The van der Waals surface area contributed by atoms with Crippen molar-refractivity contribution in [1.82, 2.24) is 19.5 Å². The number of ether oxygens (including phenoxy) is 1. The number of carbonyl (C=O) groups is 1. The average Bonchev–Trinajstić information content (AvgIpc) is 3.23. The molecule has 180 valence electrons. The summed E-state index contributed by atoms with van der Waals surface area (Å²) in [5.41, 5.74) is 18.1. The molecule has 0 saturated heterocycles. The van der Waals surface area contributed by atoms with E-state index in [4.69, 9.17) is 16.2 Å². The van der Waals surface area contributed by atoms with Crippen molar-refractivity contribution in [2.24, 2.45) is 12.8 Å². The summed E-state index contributed by atoms with van der Waals surface area (Å²) in [6, 6.07) is 18.6. The second-order valence-electron chi connectivity index (χ2n) is 8.61. The third-order valence-electron chi connectivity index (χ3n) is 5.87. The highest BCUT2D eigenvalue weighted by Crippen LogP contribution is 2.35. The van der Waals surface area contributed by atoms with Crippen molar-refractivity contribution in [3.05, 3.63) is 83.7 Å². The molecule has 5 N–H and O–H groups in total. The number of aryl methyl sites for hydroxylation is 3. The Morgan fingerprint density at radius 2 is 1.61 bits per heavy atom. The first-order valence-corrected chi connectivity index (χ1v) is 11.3. The Labute approximate surface area is 207 Å². The van der Waals surface area contributed by atoms with Crippen LogP contribution in [0, 0.1) is 13.8 Å². The van der Waals surface area contributed by atoms with Gasteiger partial charge in [-0.25, -0.2) is 4.98 Å². The monoisotopic (exact) mass is 479 g/mol. The molecule has 0 unspecified atom stereocenters. The fraction of sp³-hybridized carbons (Fsp3) is 0.111. The van der Waals surface area contributed by atoms with E-state index in [0.717, 1.165) is 27.9 Å². The number of benzene rings is 3. The van der Waals surface area contributed by atoms with Crippen molar-refractivity contribution in [1.29, 1.82) is 0 Å². The van der Waals surface area contributed by atoms with Gasteiger partial charge in [0.2, 0.25) is 11.9 Å². The van der Waals surface area contributed by atoms with E-state index in [2.05, 4.69) is 20.3 Å². The molecule has 5 aromatic rings. The maximum atomic E-state index is 11.4. The number of hydrogen-bond donors (Lipinski definition) is 3. The van der Waals surface area contributed by atoms with Gasteiger partial charge in [0.15, 0.2) is 11.2 Å². The van der Waals surface area contributed by atoms with Gasteiger partial charge in [0.1, 0.15) is 5.75 Å². The number of aromatic nitrogens is 4. The van der Waals surface area contributed by atoms with Gasteiger partial charge in [-0.1, -0.05) is 12.1 Å². The maximum Gasteiger partial charge on any atom is 0.250 e. The highest BCUT2D eigenvalue weighted by atomic mass is 16.5. The number of nitrogens with zero attached hydrogens (tertiary/aromatic N) is 4. The summed E-state index contributed by atoms with van der Waals surface area (Å²) >= 11 is 0. The SMILES string of the molecule is Cc1cc(-c2ccc(C(N)=O)cc2)cc(C)c1Oc1nc(Nc2ccc(N)cc2)nc2ncn(C)c12. The Kier molecular flexibility index (Phi) is 5.73. The molecule has 2 heterocycles. The van der Waals surface area contributed by atoms with Crippen LogP contribution in [-0.4, -0.2) is 25.4 Å². The van der Waals surface area contributed by atoms with Gasteiger partial charge in [0, 0.05) is 24.0 Å². The van der Waals surface area contributed by atoms with Gasteiger partial charge in [-0.15, -0.1) is 0 Å². The number of imidazole rings is 1. The number of nitrogen functional groups attached to an aromatic ring is 1. The van der Waals surface area contributed by atoms with Gasteiger partial charge in [0.25, 0.3) is 5.88 Å². The average molecular weight is 480 g/mol. The molecule has 0 aliphatic rings. The second-order valence-corrected chi connectivity index (χ2v) is 8.61. The minimum absolute atomic E-state index is 0.363. The third kappa shape index (κ3) is 4.41. The number of anilines is 3. The van der Waals surface area contributed by atoms with Crippen LogP contribution in [0.5, 0.6) is 11.6 Å². The van der Waals surface area contributed by atoms with E-state index < -0.39 is 5.91 Å². The van der Waals surface area contributed by atoms with Crippen LogP contribution < -0.4 is 21.5 Å². The highest BCUT2D eigenvalue weighted by molar-refractivity contribution is 5.93. The molecule has 0 saturated carbocycles.